The second-order valence-corrected chi connectivity index (χ2v) is 8.05. The molecule has 7 nitrogen and oxygen atoms in total. The van der Waals surface area contributed by atoms with E-state index in [0.29, 0.717) is 19.4 Å². The first kappa shape index (κ1) is 22.8. The van der Waals surface area contributed by atoms with E-state index in [1.165, 1.54) is 17.0 Å². The lowest BCUT2D eigenvalue weighted by atomic mass is 9.93. The summed E-state index contributed by atoms with van der Waals surface area (Å²) in [7, 11) is 0. The molecule has 2 N–H and O–H groups in total. The molecule has 33 heavy (non-hydrogen) atoms. The van der Waals surface area contributed by atoms with Crippen molar-refractivity contribution in [2.75, 3.05) is 18.4 Å². The molecule has 2 atom stereocenters. The van der Waals surface area contributed by atoms with Gasteiger partial charge in [0.05, 0.1) is 23.8 Å². The Morgan fingerprint density at radius 2 is 1.76 bits per heavy atom. The summed E-state index contributed by atoms with van der Waals surface area (Å²) in [5.41, 5.74) is -0.603. The van der Waals surface area contributed by atoms with Crippen LogP contribution in [-0.2, 0) is 22.3 Å². The predicted octanol–water partition coefficient (Wildman–Crippen LogP) is 3.23. The number of alkyl halides is 3. The maximum atomic E-state index is 13.3. The molecular weight excluding hydrogens is 437 g/mol. The van der Waals surface area contributed by atoms with Crippen LogP contribution in [0.2, 0.25) is 0 Å². The summed E-state index contributed by atoms with van der Waals surface area (Å²) in [6.45, 7) is 0.171. The van der Waals surface area contributed by atoms with Gasteiger partial charge < -0.3 is 15.5 Å². The molecule has 0 aliphatic carbocycles. The SMILES string of the molecule is O=C(CN1C(=O)N(Cc2ccccc2)C(=O)C2NCCCC21)Nc1ccccc1C(F)(F)F. The summed E-state index contributed by atoms with van der Waals surface area (Å²) in [5, 5.41) is 5.40. The van der Waals surface area contributed by atoms with E-state index in [4.69, 9.17) is 0 Å². The molecule has 0 radical (unpaired) electrons. The highest BCUT2D eigenvalue weighted by atomic mass is 19.4. The van der Waals surface area contributed by atoms with Crippen molar-refractivity contribution in [1.82, 2.24) is 15.1 Å². The molecule has 4 rings (SSSR count). The number of hydrogen-bond acceptors (Lipinski definition) is 4. The second kappa shape index (κ2) is 9.22. The Balaban J connectivity index is 1.55. The zero-order valence-corrected chi connectivity index (χ0v) is 17.6. The summed E-state index contributed by atoms with van der Waals surface area (Å²) in [6.07, 6.45) is -3.42. The number of urea groups is 1. The van der Waals surface area contributed by atoms with Gasteiger partial charge in [0, 0.05) is 0 Å². The van der Waals surface area contributed by atoms with Crippen LogP contribution in [-0.4, -0.2) is 52.8 Å². The quantitative estimate of drug-likeness (QED) is 0.718. The summed E-state index contributed by atoms with van der Waals surface area (Å²) >= 11 is 0. The minimum absolute atomic E-state index is 0.0401. The topological polar surface area (TPSA) is 81.8 Å². The Kier molecular flexibility index (Phi) is 6.37. The van der Waals surface area contributed by atoms with Gasteiger partial charge in [-0.3, -0.25) is 14.5 Å². The van der Waals surface area contributed by atoms with E-state index in [2.05, 4.69) is 10.6 Å². The number of benzene rings is 2. The summed E-state index contributed by atoms with van der Waals surface area (Å²) in [6, 6.07) is 11.8. The molecule has 0 spiro atoms. The zero-order valence-electron chi connectivity index (χ0n) is 17.6. The molecule has 0 saturated carbocycles. The molecule has 2 saturated heterocycles. The van der Waals surface area contributed by atoms with Gasteiger partial charge >= 0.3 is 12.2 Å². The van der Waals surface area contributed by atoms with Gasteiger partial charge in [-0.15, -0.1) is 0 Å². The van der Waals surface area contributed by atoms with Gasteiger partial charge in [0.15, 0.2) is 0 Å². The number of fused-ring (bicyclic) bond motifs is 1. The van der Waals surface area contributed by atoms with Gasteiger partial charge in [0.25, 0.3) is 0 Å². The third-order valence-electron chi connectivity index (χ3n) is 5.84. The molecule has 0 aromatic heterocycles. The lowest BCUT2D eigenvalue weighted by Gasteiger charge is -2.46. The molecule has 2 fully saturated rings. The number of carbonyl (C=O) groups is 3. The fraction of sp³-hybridized carbons (Fsp3) is 0.348. The van der Waals surface area contributed by atoms with E-state index in [0.717, 1.165) is 22.6 Å². The van der Waals surface area contributed by atoms with Crippen LogP contribution < -0.4 is 10.6 Å². The van der Waals surface area contributed by atoms with Crippen LogP contribution in [0, 0.1) is 0 Å². The standard InChI is InChI=1S/C23H23F3N4O3/c24-23(25,26)16-9-4-5-10-17(16)28-19(31)14-29-18-11-6-12-27-20(18)21(32)30(22(29)33)13-15-7-2-1-3-8-15/h1-5,7-10,18,20,27H,6,11-14H2,(H,28,31). The van der Waals surface area contributed by atoms with E-state index in [9.17, 15) is 27.6 Å². The minimum Gasteiger partial charge on any atom is -0.324 e. The smallest absolute Gasteiger partial charge is 0.324 e. The summed E-state index contributed by atoms with van der Waals surface area (Å²) in [5.74, 6) is -1.13. The number of amides is 4. The summed E-state index contributed by atoms with van der Waals surface area (Å²) in [4.78, 5) is 41.4. The fourth-order valence-corrected chi connectivity index (χ4v) is 4.30. The molecule has 4 amide bonds. The third kappa shape index (κ3) is 4.85. The van der Waals surface area contributed by atoms with Gasteiger partial charge in [-0.1, -0.05) is 42.5 Å². The Hall–Kier alpha value is -3.40. The molecule has 174 valence electrons. The maximum Gasteiger partial charge on any atom is 0.418 e. The number of piperidine rings is 1. The van der Waals surface area contributed by atoms with E-state index in [-0.39, 0.29) is 18.1 Å². The van der Waals surface area contributed by atoms with Gasteiger partial charge in [-0.25, -0.2) is 4.79 Å². The van der Waals surface area contributed by atoms with E-state index in [1.807, 2.05) is 6.07 Å². The van der Waals surface area contributed by atoms with Crippen LogP contribution in [0.4, 0.5) is 23.7 Å². The van der Waals surface area contributed by atoms with Crippen molar-refractivity contribution < 1.29 is 27.6 Å². The lowest BCUT2D eigenvalue weighted by Crippen LogP contribution is -2.70. The predicted molar refractivity (Wildman–Crippen MR) is 114 cm³/mol. The second-order valence-electron chi connectivity index (χ2n) is 8.05. The molecule has 2 unspecified atom stereocenters. The fourth-order valence-electron chi connectivity index (χ4n) is 4.30. The zero-order chi connectivity index (χ0) is 23.6. The largest absolute Gasteiger partial charge is 0.418 e. The maximum absolute atomic E-state index is 13.3. The Bertz CT molecular complexity index is 1040. The number of nitrogens with one attached hydrogen (secondary N) is 2. The first-order chi connectivity index (χ1) is 15.8. The normalized spacial score (nSPS) is 21.1. The Labute approximate surface area is 188 Å². The Morgan fingerprint density at radius 3 is 2.48 bits per heavy atom. The molecule has 0 bridgehead atoms. The molecule has 2 aromatic rings. The van der Waals surface area contributed by atoms with Crippen molar-refractivity contribution in [2.24, 2.45) is 0 Å². The monoisotopic (exact) mass is 460 g/mol. The number of para-hydroxylation sites is 1. The van der Waals surface area contributed by atoms with E-state index >= 15 is 0 Å². The van der Waals surface area contributed by atoms with Crippen molar-refractivity contribution >= 4 is 23.5 Å². The lowest BCUT2D eigenvalue weighted by molar-refractivity contribution is -0.139. The first-order valence-electron chi connectivity index (χ1n) is 10.6. The van der Waals surface area contributed by atoms with E-state index < -0.39 is 42.3 Å². The van der Waals surface area contributed by atoms with Crippen LogP contribution >= 0.6 is 0 Å². The average molecular weight is 460 g/mol. The first-order valence-corrected chi connectivity index (χ1v) is 10.6. The Morgan fingerprint density at radius 1 is 1.06 bits per heavy atom. The van der Waals surface area contributed by atoms with Crippen LogP contribution in [0.15, 0.2) is 54.6 Å². The van der Waals surface area contributed by atoms with Gasteiger partial charge in [-0.2, -0.15) is 13.2 Å². The van der Waals surface area contributed by atoms with Crippen LogP contribution in [0.5, 0.6) is 0 Å². The van der Waals surface area contributed by atoms with Crippen LogP contribution in [0.1, 0.15) is 24.0 Å². The van der Waals surface area contributed by atoms with Crippen molar-refractivity contribution in [1.29, 1.82) is 0 Å². The van der Waals surface area contributed by atoms with Crippen molar-refractivity contribution in [3.8, 4) is 0 Å². The van der Waals surface area contributed by atoms with Crippen molar-refractivity contribution in [3.63, 3.8) is 0 Å². The molecular formula is C23H23F3N4O3. The molecule has 2 aliphatic rings. The van der Waals surface area contributed by atoms with Gasteiger partial charge in [0.1, 0.15) is 12.6 Å². The highest BCUT2D eigenvalue weighted by Gasteiger charge is 2.47. The number of hydrogen-bond donors (Lipinski definition) is 2. The number of anilines is 1. The third-order valence-corrected chi connectivity index (χ3v) is 5.84. The summed E-state index contributed by atoms with van der Waals surface area (Å²) < 4.78 is 39.8. The molecule has 2 aromatic carbocycles. The highest BCUT2D eigenvalue weighted by molar-refractivity contribution is 6.03. The van der Waals surface area contributed by atoms with Crippen LogP contribution in [0.3, 0.4) is 0 Å². The highest BCUT2D eigenvalue weighted by Crippen LogP contribution is 2.34. The van der Waals surface area contributed by atoms with Gasteiger partial charge in [-0.05, 0) is 37.1 Å². The van der Waals surface area contributed by atoms with Crippen molar-refractivity contribution in [2.45, 2.75) is 37.6 Å². The number of nitrogens with zero attached hydrogens (tertiary/aromatic N) is 2. The van der Waals surface area contributed by atoms with Crippen molar-refractivity contribution in [3.05, 3.63) is 65.7 Å². The molecule has 10 heteroatoms. The van der Waals surface area contributed by atoms with Crippen LogP contribution in [0.25, 0.3) is 0 Å². The van der Waals surface area contributed by atoms with Gasteiger partial charge in [0.2, 0.25) is 11.8 Å². The number of halogens is 3. The number of carbonyl (C=O) groups excluding carboxylic acids is 3. The molecule has 2 heterocycles. The van der Waals surface area contributed by atoms with E-state index in [1.54, 1.807) is 24.3 Å². The average Bonchev–Trinajstić information content (AvgIpc) is 2.80. The number of imide groups is 1. The molecule has 2 aliphatic heterocycles. The number of rotatable bonds is 5. The minimum atomic E-state index is -4.64.